The molecule has 0 atom stereocenters. The van der Waals surface area contributed by atoms with Crippen LogP contribution in [-0.2, 0) is 6.18 Å². The van der Waals surface area contributed by atoms with Crippen molar-refractivity contribution in [2.24, 2.45) is 11.5 Å². The molecule has 5 nitrogen and oxygen atoms in total. The van der Waals surface area contributed by atoms with E-state index in [1.165, 1.54) is 18.5 Å². The summed E-state index contributed by atoms with van der Waals surface area (Å²) >= 11 is 0. The van der Waals surface area contributed by atoms with E-state index in [1.807, 2.05) is 0 Å². The number of alkyl halides is 3. The fraction of sp³-hybridized carbons (Fsp3) is 0.0714. The zero-order valence-electron chi connectivity index (χ0n) is 11.2. The number of halogens is 3. The summed E-state index contributed by atoms with van der Waals surface area (Å²) in [6.07, 6.45) is -0.0817. The number of benzene rings is 1. The van der Waals surface area contributed by atoms with E-state index in [9.17, 15) is 18.3 Å². The van der Waals surface area contributed by atoms with E-state index in [2.05, 4.69) is 5.32 Å². The molecule has 0 spiro atoms. The number of rotatable bonds is 2. The lowest BCUT2D eigenvalue weighted by atomic mass is 9.97. The second kappa shape index (κ2) is 5.47. The van der Waals surface area contributed by atoms with Gasteiger partial charge in [-0.3, -0.25) is 5.41 Å². The summed E-state index contributed by atoms with van der Waals surface area (Å²) in [7, 11) is 0. The minimum absolute atomic E-state index is 0.0189. The summed E-state index contributed by atoms with van der Waals surface area (Å²) in [5, 5.41) is 20.0. The first-order valence-electron chi connectivity index (χ1n) is 6.09. The van der Waals surface area contributed by atoms with Crippen molar-refractivity contribution in [3.05, 3.63) is 58.9 Å². The van der Waals surface area contributed by atoms with E-state index < -0.39 is 17.5 Å². The average molecular weight is 310 g/mol. The Morgan fingerprint density at radius 2 is 1.91 bits per heavy atom. The second-order valence-electron chi connectivity index (χ2n) is 4.53. The van der Waals surface area contributed by atoms with Gasteiger partial charge in [-0.2, -0.15) is 13.2 Å². The first kappa shape index (κ1) is 15.5. The zero-order valence-corrected chi connectivity index (χ0v) is 11.2. The van der Waals surface area contributed by atoms with Crippen LogP contribution in [0.2, 0.25) is 0 Å². The molecular formula is C14H13F3N4O. The van der Waals surface area contributed by atoms with Crippen LogP contribution in [0.15, 0.2) is 47.8 Å². The Kier molecular flexibility index (Phi) is 3.85. The van der Waals surface area contributed by atoms with Gasteiger partial charge in [-0.15, -0.1) is 0 Å². The summed E-state index contributed by atoms with van der Waals surface area (Å²) in [4.78, 5) is 0. The predicted octanol–water partition coefficient (Wildman–Crippen LogP) is 2.02. The molecule has 1 aromatic carbocycles. The minimum Gasteiger partial charge on any atom is -0.507 e. The molecule has 0 unspecified atom stereocenters. The topological polar surface area (TPSA) is 108 Å². The molecule has 1 aliphatic rings. The number of dihydropyridines is 1. The molecule has 116 valence electrons. The van der Waals surface area contributed by atoms with Crippen molar-refractivity contribution in [2.45, 2.75) is 6.18 Å². The highest BCUT2D eigenvalue weighted by Gasteiger charge is 2.31. The highest BCUT2D eigenvalue weighted by molar-refractivity contribution is 6.02. The minimum atomic E-state index is -4.56. The van der Waals surface area contributed by atoms with Crippen molar-refractivity contribution < 1.29 is 18.3 Å². The predicted molar refractivity (Wildman–Crippen MR) is 76.5 cm³/mol. The number of amidine groups is 1. The Bertz CT molecular complexity index is 717. The third-order valence-electron chi connectivity index (χ3n) is 3.06. The number of hydrogen-bond donors (Lipinski definition) is 5. The van der Waals surface area contributed by atoms with E-state index in [1.54, 1.807) is 0 Å². The molecule has 0 aliphatic carbocycles. The molecule has 0 fully saturated rings. The van der Waals surface area contributed by atoms with Gasteiger partial charge in [-0.1, -0.05) is 0 Å². The number of hydrogen-bond acceptors (Lipinski definition) is 4. The van der Waals surface area contributed by atoms with Gasteiger partial charge in [-0.05, 0) is 24.3 Å². The fourth-order valence-corrected chi connectivity index (χ4v) is 1.97. The normalized spacial score (nSPS) is 16.8. The van der Waals surface area contributed by atoms with Crippen LogP contribution < -0.4 is 16.8 Å². The number of aromatic hydroxyl groups is 1. The van der Waals surface area contributed by atoms with Crippen LogP contribution in [0.1, 0.15) is 11.1 Å². The SMILES string of the molecule is N=C(N)C1=CNC=C/C1=C(/N)c1ccc(C(F)(F)F)cc1O. The van der Waals surface area contributed by atoms with Gasteiger partial charge in [-0.25, -0.2) is 0 Å². The van der Waals surface area contributed by atoms with E-state index in [-0.39, 0.29) is 22.7 Å². The zero-order chi connectivity index (χ0) is 16.5. The van der Waals surface area contributed by atoms with Gasteiger partial charge >= 0.3 is 6.18 Å². The second-order valence-corrected chi connectivity index (χ2v) is 4.53. The van der Waals surface area contributed by atoms with Crippen molar-refractivity contribution in [2.75, 3.05) is 0 Å². The summed E-state index contributed by atoms with van der Waals surface area (Å²) in [5.74, 6) is -0.865. The van der Waals surface area contributed by atoms with Crippen LogP contribution >= 0.6 is 0 Å². The number of phenols is 1. The highest BCUT2D eigenvalue weighted by atomic mass is 19.4. The summed E-state index contributed by atoms with van der Waals surface area (Å²) in [6, 6.07) is 2.50. The third-order valence-corrected chi connectivity index (χ3v) is 3.06. The van der Waals surface area contributed by atoms with Crippen molar-refractivity contribution in [1.29, 1.82) is 5.41 Å². The molecule has 0 amide bonds. The van der Waals surface area contributed by atoms with Crippen LogP contribution in [0, 0.1) is 5.41 Å². The number of nitrogens with two attached hydrogens (primary N) is 2. The van der Waals surface area contributed by atoms with Gasteiger partial charge in [0.1, 0.15) is 11.6 Å². The molecule has 8 heteroatoms. The molecule has 0 saturated carbocycles. The monoisotopic (exact) mass is 310 g/mol. The Morgan fingerprint density at radius 1 is 1.23 bits per heavy atom. The van der Waals surface area contributed by atoms with Crippen LogP contribution in [0.5, 0.6) is 5.75 Å². The first-order valence-corrected chi connectivity index (χ1v) is 6.09. The quantitative estimate of drug-likeness (QED) is 0.425. The van der Waals surface area contributed by atoms with Crippen molar-refractivity contribution in [1.82, 2.24) is 5.32 Å². The lowest BCUT2D eigenvalue weighted by Gasteiger charge is -2.16. The summed E-state index contributed by atoms with van der Waals surface area (Å²) in [5.41, 5.74) is 11.0. The molecule has 2 rings (SSSR count). The van der Waals surface area contributed by atoms with Crippen LogP contribution in [0.3, 0.4) is 0 Å². The van der Waals surface area contributed by atoms with Gasteiger partial charge in [0.05, 0.1) is 11.3 Å². The molecule has 7 N–H and O–H groups in total. The molecule has 1 heterocycles. The maximum Gasteiger partial charge on any atom is 0.416 e. The van der Waals surface area contributed by atoms with Crippen molar-refractivity contribution >= 4 is 11.5 Å². The molecule has 22 heavy (non-hydrogen) atoms. The number of phenolic OH excluding ortho intramolecular Hbond substituents is 1. The van der Waals surface area contributed by atoms with E-state index in [0.29, 0.717) is 11.6 Å². The Morgan fingerprint density at radius 3 is 2.45 bits per heavy atom. The molecule has 0 saturated heterocycles. The highest BCUT2D eigenvalue weighted by Crippen LogP contribution is 2.35. The van der Waals surface area contributed by atoms with E-state index in [4.69, 9.17) is 16.9 Å². The van der Waals surface area contributed by atoms with Crippen molar-refractivity contribution in [3.63, 3.8) is 0 Å². The fourth-order valence-electron chi connectivity index (χ4n) is 1.97. The van der Waals surface area contributed by atoms with Gasteiger partial charge in [0.2, 0.25) is 0 Å². The van der Waals surface area contributed by atoms with Crippen LogP contribution in [-0.4, -0.2) is 10.9 Å². The Labute approximate surface area is 123 Å². The van der Waals surface area contributed by atoms with E-state index in [0.717, 1.165) is 12.1 Å². The Hall–Kier alpha value is -2.90. The maximum absolute atomic E-state index is 12.6. The van der Waals surface area contributed by atoms with Crippen LogP contribution in [0.4, 0.5) is 13.2 Å². The van der Waals surface area contributed by atoms with Gasteiger partial charge in [0.25, 0.3) is 0 Å². The van der Waals surface area contributed by atoms with Crippen molar-refractivity contribution in [3.8, 4) is 5.75 Å². The van der Waals surface area contributed by atoms with Gasteiger partial charge in [0, 0.05) is 29.1 Å². The Balaban J connectivity index is 2.53. The van der Waals surface area contributed by atoms with Gasteiger partial charge < -0.3 is 21.9 Å². The smallest absolute Gasteiger partial charge is 0.416 e. The average Bonchev–Trinajstić information content (AvgIpc) is 2.45. The lowest BCUT2D eigenvalue weighted by Crippen LogP contribution is -2.20. The number of nitrogens with one attached hydrogen (secondary N) is 2. The number of allylic oxidation sites excluding steroid dienone is 1. The molecule has 0 bridgehead atoms. The molecule has 0 aromatic heterocycles. The first-order chi connectivity index (χ1) is 10.2. The maximum atomic E-state index is 12.6. The largest absolute Gasteiger partial charge is 0.507 e. The third kappa shape index (κ3) is 2.90. The molecule has 1 aliphatic heterocycles. The summed E-state index contributed by atoms with van der Waals surface area (Å²) < 4.78 is 37.8. The standard InChI is InChI=1S/C14H13F3N4O/c15-14(16,17)7-1-2-9(11(22)5-7)12(18)8-3-4-21-6-10(8)13(19)20/h1-6,21-22H,18H2,(H3,19,20)/b12-8-. The van der Waals surface area contributed by atoms with Gasteiger partial charge in [0.15, 0.2) is 0 Å². The molecule has 1 aromatic rings. The summed E-state index contributed by atoms with van der Waals surface area (Å²) in [6.45, 7) is 0. The molecular weight excluding hydrogens is 297 g/mol. The van der Waals surface area contributed by atoms with Crippen LogP contribution in [0.25, 0.3) is 5.70 Å². The molecule has 0 radical (unpaired) electrons. The van der Waals surface area contributed by atoms with E-state index >= 15 is 0 Å². The lowest BCUT2D eigenvalue weighted by molar-refractivity contribution is -0.137.